The maximum absolute atomic E-state index is 12.9. The fourth-order valence-electron chi connectivity index (χ4n) is 2.34. The zero-order chi connectivity index (χ0) is 16.9. The van der Waals surface area contributed by atoms with Crippen molar-refractivity contribution < 1.29 is 14.3 Å². The van der Waals surface area contributed by atoms with Gasteiger partial charge in [-0.2, -0.15) is 0 Å². The van der Waals surface area contributed by atoms with Crippen LogP contribution in [0.15, 0.2) is 35.7 Å². The normalized spacial score (nSPS) is 13.6. The van der Waals surface area contributed by atoms with Gasteiger partial charge in [0.1, 0.15) is 11.4 Å². The molecule has 1 heterocycles. The Morgan fingerprint density at radius 3 is 2.61 bits per heavy atom. The van der Waals surface area contributed by atoms with E-state index in [2.05, 4.69) is 23.7 Å². The van der Waals surface area contributed by atoms with Gasteiger partial charge in [0.25, 0.3) is 0 Å². The second-order valence-corrected chi connectivity index (χ2v) is 6.94. The van der Waals surface area contributed by atoms with E-state index in [0.29, 0.717) is 12.0 Å². The fourth-order valence-corrected chi connectivity index (χ4v) is 3.29. The van der Waals surface area contributed by atoms with Crippen LogP contribution in [0.25, 0.3) is 0 Å². The van der Waals surface area contributed by atoms with E-state index in [1.165, 1.54) is 34.7 Å². The molecule has 2 N–H and O–H groups in total. The highest BCUT2D eigenvalue weighted by molar-refractivity contribution is 7.10. The molecule has 0 aliphatic heterocycles. The first-order valence-electron chi connectivity index (χ1n) is 7.66. The van der Waals surface area contributed by atoms with Crippen molar-refractivity contribution in [1.82, 2.24) is 5.32 Å². The summed E-state index contributed by atoms with van der Waals surface area (Å²) in [5.41, 5.74) is 0.635. The zero-order valence-corrected chi connectivity index (χ0v) is 14.3. The number of nitrogens with one attached hydrogen (secondary N) is 1. The summed E-state index contributed by atoms with van der Waals surface area (Å²) in [6, 6.07) is 7.74. The lowest BCUT2D eigenvalue weighted by Gasteiger charge is -2.24. The largest absolute Gasteiger partial charge is 0.384 e. The molecule has 5 heteroatoms. The Hall–Kier alpha value is -1.72. The molecule has 0 radical (unpaired) electrons. The van der Waals surface area contributed by atoms with Crippen molar-refractivity contribution >= 4 is 17.2 Å². The first-order valence-corrected chi connectivity index (χ1v) is 8.54. The highest BCUT2D eigenvalue weighted by atomic mass is 32.1. The second-order valence-electron chi connectivity index (χ2n) is 5.94. The molecule has 0 fully saturated rings. The number of halogens is 1. The van der Waals surface area contributed by atoms with Crippen LogP contribution in [0.1, 0.15) is 35.8 Å². The number of aliphatic hydroxyl groups is 1. The maximum Gasteiger partial charge on any atom is 0.220 e. The Kier molecular flexibility index (Phi) is 5.91. The molecular formula is C18H22FNO2S. The molecule has 1 aromatic heterocycles. The van der Waals surface area contributed by atoms with Crippen molar-refractivity contribution in [3.8, 4) is 0 Å². The van der Waals surface area contributed by atoms with Gasteiger partial charge < -0.3 is 10.4 Å². The van der Waals surface area contributed by atoms with E-state index in [9.17, 15) is 14.3 Å². The number of benzene rings is 1. The number of rotatable bonds is 7. The van der Waals surface area contributed by atoms with Crippen LogP contribution in [0, 0.1) is 12.7 Å². The zero-order valence-electron chi connectivity index (χ0n) is 13.4. The second kappa shape index (κ2) is 7.70. The van der Waals surface area contributed by atoms with Gasteiger partial charge in [0.15, 0.2) is 0 Å². The molecule has 2 aromatic rings. The van der Waals surface area contributed by atoms with Crippen molar-refractivity contribution in [3.63, 3.8) is 0 Å². The van der Waals surface area contributed by atoms with Gasteiger partial charge in [0.2, 0.25) is 5.91 Å². The molecule has 3 nitrogen and oxygen atoms in total. The molecule has 0 saturated heterocycles. The molecule has 1 aromatic carbocycles. The maximum atomic E-state index is 12.9. The van der Waals surface area contributed by atoms with Crippen LogP contribution in [0.3, 0.4) is 0 Å². The third-order valence-corrected chi connectivity index (χ3v) is 4.95. The average molecular weight is 335 g/mol. The topological polar surface area (TPSA) is 49.3 Å². The molecule has 124 valence electrons. The van der Waals surface area contributed by atoms with Crippen LogP contribution in [-0.2, 0) is 16.8 Å². The molecule has 0 aliphatic carbocycles. The predicted molar refractivity (Wildman–Crippen MR) is 91.0 cm³/mol. The Bertz CT molecular complexity index is 649. The van der Waals surface area contributed by atoms with E-state index in [1.807, 2.05) is 0 Å². The van der Waals surface area contributed by atoms with Crippen LogP contribution in [0.4, 0.5) is 4.39 Å². The van der Waals surface area contributed by atoms with E-state index in [-0.39, 0.29) is 18.3 Å². The first kappa shape index (κ1) is 17.6. The molecule has 23 heavy (non-hydrogen) atoms. The highest BCUT2D eigenvalue weighted by Gasteiger charge is 2.23. The summed E-state index contributed by atoms with van der Waals surface area (Å²) >= 11 is 1.71. The van der Waals surface area contributed by atoms with E-state index in [4.69, 9.17) is 0 Å². The van der Waals surface area contributed by atoms with Crippen LogP contribution >= 0.6 is 11.3 Å². The Morgan fingerprint density at radius 2 is 2.00 bits per heavy atom. The minimum Gasteiger partial charge on any atom is -0.384 e. The summed E-state index contributed by atoms with van der Waals surface area (Å²) in [4.78, 5) is 13.2. The molecule has 1 unspecified atom stereocenters. The molecule has 1 amide bonds. The van der Waals surface area contributed by atoms with Crippen LogP contribution in [-0.4, -0.2) is 17.6 Å². The highest BCUT2D eigenvalue weighted by Crippen LogP contribution is 2.20. The van der Waals surface area contributed by atoms with Crippen LogP contribution in [0.5, 0.6) is 0 Å². The van der Waals surface area contributed by atoms with E-state index in [1.54, 1.807) is 18.3 Å². The summed E-state index contributed by atoms with van der Waals surface area (Å²) in [7, 11) is 0. The number of carbonyl (C=O) groups is 1. The van der Waals surface area contributed by atoms with Gasteiger partial charge in [-0.3, -0.25) is 4.79 Å². The summed E-state index contributed by atoms with van der Waals surface area (Å²) < 4.78 is 12.9. The SMILES string of the molecule is Cc1ccsc1CCCC(=O)NCC(C)(O)c1ccc(F)cc1. The van der Waals surface area contributed by atoms with Gasteiger partial charge in [0.05, 0.1) is 6.54 Å². The average Bonchev–Trinajstić information content (AvgIpc) is 2.91. The Morgan fingerprint density at radius 1 is 1.30 bits per heavy atom. The van der Waals surface area contributed by atoms with Gasteiger partial charge in [-0.05, 0) is 61.4 Å². The number of thiophene rings is 1. The molecule has 0 bridgehead atoms. The molecule has 0 aliphatic rings. The van der Waals surface area contributed by atoms with E-state index in [0.717, 1.165) is 12.8 Å². The van der Waals surface area contributed by atoms with Crippen molar-refractivity contribution in [3.05, 3.63) is 57.5 Å². The minimum absolute atomic E-state index is 0.0819. The minimum atomic E-state index is -1.21. The van der Waals surface area contributed by atoms with Crippen LogP contribution in [0.2, 0.25) is 0 Å². The first-order chi connectivity index (χ1) is 10.9. The van der Waals surface area contributed by atoms with Gasteiger partial charge >= 0.3 is 0 Å². The number of amides is 1. The number of aryl methyl sites for hydroxylation is 2. The molecule has 0 spiro atoms. The van der Waals surface area contributed by atoms with Crippen molar-refractivity contribution in [2.24, 2.45) is 0 Å². The Labute approximate surface area is 140 Å². The van der Waals surface area contributed by atoms with Gasteiger partial charge in [-0.25, -0.2) is 4.39 Å². The van der Waals surface area contributed by atoms with Gasteiger partial charge in [-0.1, -0.05) is 12.1 Å². The van der Waals surface area contributed by atoms with Crippen molar-refractivity contribution in [2.75, 3.05) is 6.54 Å². The number of hydrogen-bond donors (Lipinski definition) is 2. The molecule has 1 atom stereocenters. The summed E-state index contributed by atoms with van der Waals surface area (Å²) in [5, 5.41) is 15.2. The van der Waals surface area contributed by atoms with Gasteiger partial charge in [0, 0.05) is 11.3 Å². The predicted octanol–water partition coefficient (Wildman–Crippen LogP) is 3.54. The number of carbonyl (C=O) groups excluding carboxylic acids is 1. The van der Waals surface area contributed by atoms with Crippen LogP contribution < -0.4 is 5.32 Å². The summed E-state index contributed by atoms with van der Waals surface area (Å²) in [6.45, 7) is 3.79. The van der Waals surface area contributed by atoms with E-state index >= 15 is 0 Å². The quantitative estimate of drug-likeness (QED) is 0.813. The monoisotopic (exact) mass is 335 g/mol. The lowest BCUT2D eigenvalue weighted by molar-refractivity contribution is -0.122. The van der Waals surface area contributed by atoms with Crippen molar-refractivity contribution in [2.45, 2.75) is 38.7 Å². The molecular weight excluding hydrogens is 313 g/mol. The molecule has 0 saturated carbocycles. The van der Waals surface area contributed by atoms with Crippen molar-refractivity contribution in [1.29, 1.82) is 0 Å². The summed E-state index contributed by atoms with van der Waals surface area (Å²) in [5.74, 6) is -0.431. The third-order valence-electron chi connectivity index (χ3n) is 3.87. The fraction of sp³-hybridized carbons (Fsp3) is 0.389. The standard InChI is InChI=1S/C18H22FNO2S/c1-13-10-11-23-16(13)4-3-5-17(21)20-12-18(2,22)14-6-8-15(19)9-7-14/h6-11,22H,3-5,12H2,1-2H3,(H,20,21). The lowest BCUT2D eigenvalue weighted by atomic mass is 9.96. The smallest absolute Gasteiger partial charge is 0.220 e. The summed E-state index contributed by atoms with van der Waals surface area (Å²) in [6.07, 6.45) is 2.11. The Balaban J connectivity index is 1.77. The van der Waals surface area contributed by atoms with Gasteiger partial charge in [-0.15, -0.1) is 11.3 Å². The van der Waals surface area contributed by atoms with E-state index < -0.39 is 5.60 Å². The number of hydrogen-bond acceptors (Lipinski definition) is 3. The molecule has 2 rings (SSSR count). The lowest BCUT2D eigenvalue weighted by Crippen LogP contribution is -2.38. The third kappa shape index (κ3) is 5.15.